The van der Waals surface area contributed by atoms with E-state index in [2.05, 4.69) is 0 Å². The van der Waals surface area contributed by atoms with E-state index in [0.717, 1.165) is 25.7 Å². The number of hydrogen-bond donors (Lipinski definition) is 0. The number of hydrogen-bond acceptors (Lipinski definition) is 6. The lowest BCUT2D eigenvalue weighted by Crippen LogP contribution is -2.63. The molecule has 6 fully saturated rings. The van der Waals surface area contributed by atoms with Crippen LogP contribution in [-0.2, 0) is 28.5 Å². The zero-order chi connectivity index (χ0) is 16.7. The van der Waals surface area contributed by atoms with Crippen molar-refractivity contribution in [2.24, 2.45) is 35.5 Å². The first-order chi connectivity index (χ1) is 11.4. The minimum atomic E-state index is -1.15. The molecule has 0 aromatic carbocycles. The first kappa shape index (κ1) is 15.1. The van der Waals surface area contributed by atoms with Gasteiger partial charge in [0.1, 0.15) is 0 Å². The minimum absolute atomic E-state index is 0.0485. The molecule has 2 saturated heterocycles. The van der Waals surface area contributed by atoms with E-state index in [-0.39, 0.29) is 11.7 Å². The third-order valence-electron chi connectivity index (χ3n) is 6.90. The van der Waals surface area contributed by atoms with Gasteiger partial charge in [-0.1, -0.05) is 0 Å². The quantitative estimate of drug-likeness (QED) is 0.538. The van der Waals surface area contributed by atoms with Gasteiger partial charge in [-0.05, 0) is 43.4 Å². The molecule has 0 aromatic heterocycles. The summed E-state index contributed by atoms with van der Waals surface area (Å²) in [5.41, 5.74) is 0. The third-order valence-corrected chi connectivity index (χ3v) is 6.90. The Morgan fingerprint density at radius 2 is 1.29 bits per heavy atom. The summed E-state index contributed by atoms with van der Waals surface area (Å²) in [6, 6.07) is 0. The molecule has 2 aliphatic heterocycles. The van der Waals surface area contributed by atoms with Gasteiger partial charge in [0.05, 0.1) is 13.2 Å². The molecule has 132 valence electrons. The van der Waals surface area contributed by atoms with Crippen molar-refractivity contribution in [1.82, 2.24) is 0 Å². The van der Waals surface area contributed by atoms with Crippen LogP contribution in [0.15, 0.2) is 0 Å². The fourth-order valence-corrected chi connectivity index (χ4v) is 6.35. The van der Waals surface area contributed by atoms with Crippen molar-refractivity contribution < 1.29 is 28.5 Å². The molecule has 0 unspecified atom stereocenters. The predicted molar refractivity (Wildman–Crippen MR) is 80.3 cm³/mol. The lowest BCUT2D eigenvalue weighted by atomic mass is 9.47. The molecular formula is C18H24O6. The fourth-order valence-electron chi connectivity index (χ4n) is 6.35. The second kappa shape index (κ2) is 4.73. The van der Waals surface area contributed by atoms with Crippen LogP contribution in [-0.4, -0.2) is 36.7 Å². The van der Waals surface area contributed by atoms with E-state index < -0.39 is 23.6 Å². The van der Waals surface area contributed by atoms with E-state index in [4.69, 9.17) is 18.9 Å². The zero-order valence-corrected chi connectivity index (χ0v) is 14.2. The number of cyclic esters (lactones) is 2. The molecule has 6 rings (SSSR count). The average molecular weight is 336 g/mol. The first-order valence-corrected chi connectivity index (χ1v) is 9.13. The Morgan fingerprint density at radius 1 is 0.833 bits per heavy atom. The molecule has 4 saturated carbocycles. The van der Waals surface area contributed by atoms with E-state index >= 15 is 0 Å². The Balaban J connectivity index is 1.41. The van der Waals surface area contributed by atoms with Gasteiger partial charge in [0, 0.05) is 25.7 Å². The Morgan fingerprint density at radius 3 is 1.75 bits per heavy atom. The molecule has 2 heterocycles. The van der Waals surface area contributed by atoms with Crippen molar-refractivity contribution >= 4 is 11.9 Å². The van der Waals surface area contributed by atoms with E-state index in [9.17, 15) is 9.59 Å². The van der Waals surface area contributed by atoms with Gasteiger partial charge in [-0.2, -0.15) is 0 Å². The van der Waals surface area contributed by atoms with Crippen molar-refractivity contribution in [3.05, 3.63) is 0 Å². The lowest BCUT2D eigenvalue weighted by Gasteiger charge is -2.62. The Hall–Kier alpha value is -1.14. The topological polar surface area (TPSA) is 71.1 Å². The van der Waals surface area contributed by atoms with Crippen molar-refractivity contribution in [3.63, 3.8) is 0 Å². The smallest absolute Gasteiger partial charge is 0.323 e. The van der Waals surface area contributed by atoms with Gasteiger partial charge in [-0.15, -0.1) is 0 Å². The molecule has 0 aromatic rings. The van der Waals surface area contributed by atoms with E-state index in [1.807, 2.05) is 0 Å². The molecule has 0 radical (unpaired) electrons. The summed E-state index contributed by atoms with van der Waals surface area (Å²) in [5.74, 6) is -1.54. The monoisotopic (exact) mass is 336 g/mol. The van der Waals surface area contributed by atoms with Crippen LogP contribution in [0.4, 0.5) is 0 Å². The summed E-state index contributed by atoms with van der Waals surface area (Å²) in [5, 5.41) is 0. The van der Waals surface area contributed by atoms with Gasteiger partial charge >= 0.3 is 11.9 Å². The maximum Gasteiger partial charge on any atom is 0.323 e. The van der Waals surface area contributed by atoms with Gasteiger partial charge in [0.25, 0.3) is 5.79 Å². The molecule has 4 bridgehead atoms. The summed E-state index contributed by atoms with van der Waals surface area (Å²) < 4.78 is 22.9. The SMILES string of the molecule is CC1(C)OC(=O)C(C2C3CC4CC2CC(C3)C42OCCO2)C(=O)O1. The van der Waals surface area contributed by atoms with Crippen LogP contribution in [0.3, 0.4) is 0 Å². The normalized spacial score (nSPS) is 45.5. The number of ether oxygens (including phenoxy) is 4. The van der Waals surface area contributed by atoms with Gasteiger partial charge < -0.3 is 18.9 Å². The number of carbonyl (C=O) groups excluding carboxylic acids is 2. The van der Waals surface area contributed by atoms with Crippen LogP contribution in [0.25, 0.3) is 0 Å². The summed E-state index contributed by atoms with van der Waals surface area (Å²) in [6.45, 7) is 4.58. The predicted octanol–water partition coefficient (Wildman–Crippen LogP) is 1.86. The van der Waals surface area contributed by atoms with Gasteiger partial charge in [0.2, 0.25) is 0 Å². The fraction of sp³-hybridized carbons (Fsp3) is 0.889. The highest BCUT2D eigenvalue weighted by molar-refractivity contribution is 5.97. The Kier molecular flexibility index (Phi) is 2.98. The molecule has 6 aliphatic rings. The molecule has 0 atom stereocenters. The number of carbonyl (C=O) groups is 2. The highest BCUT2D eigenvalue weighted by Crippen LogP contribution is 2.64. The highest BCUT2D eigenvalue weighted by atomic mass is 16.7. The van der Waals surface area contributed by atoms with Crippen LogP contribution in [0.2, 0.25) is 0 Å². The molecule has 24 heavy (non-hydrogen) atoms. The standard InChI is InChI=1S/C18H24O6/c1-17(2)23-15(19)14(16(20)24-17)13-9-5-11-7-10(13)8-12(6-9)18(11)21-3-4-22-18/h9-14H,3-8H2,1-2H3. The number of rotatable bonds is 1. The molecule has 4 aliphatic carbocycles. The molecule has 6 nitrogen and oxygen atoms in total. The van der Waals surface area contributed by atoms with Gasteiger partial charge in [-0.3, -0.25) is 9.59 Å². The van der Waals surface area contributed by atoms with Crippen LogP contribution < -0.4 is 0 Å². The largest absolute Gasteiger partial charge is 0.422 e. The molecule has 0 amide bonds. The van der Waals surface area contributed by atoms with Crippen molar-refractivity contribution in [2.45, 2.75) is 51.1 Å². The second-order valence-corrected chi connectivity index (χ2v) is 8.57. The zero-order valence-electron chi connectivity index (χ0n) is 14.2. The molecule has 6 heteroatoms. The molecule has 0 N–H and O–H groups in total. The van der Waals surface area contributed by atoms with Gasteiger partial charge in [-0.25, -0.2) is 0 Å². The van der Waals surface area contributed by atoms with E-state index in [1.165, 1.54) is 0 Å². The van der Waals surface area contributed by atoms with Crippen molar-refractivity contribution in [2.75, 3.05) is 13.2 Å². The van der Waals surface area contributed by atoms with Crippen LogP contribution in [0, 0.1) is 35.5 Å². The van der Waals surface area contributed by atoms with E-state index in [1.54, 1.807) is 13.8 Å². The summed E-state index contributed by atoms with van der Waals surface area (Å²) in [6.07, 6.45) is 3.88. The summed E-state index contributed by atoms with van der Waals surface area (Å²) in [7, 11) is 0. The number of esters is 2. The Bertz CT molecular complexity index is 538. The molecule has 1 spiro atoms. The third kappa shape index (κ3) is 1.90. The maximum absolute atomic E-state index is 12.5. The van der Waals surface area contributed by atoms with Crippen molar-refractivity contribution in [3.8, 4) is 0 Å². The average Bonchev–Trinajstić information content (AvgIpc) is 2.93. The Labute approximate surface area is 141 Å². The van der Waals surface area contributed by atoms with Crippen LogP contribution in [0.1, 0.15) is 39.5 Å². The highest BCUT2D eigenvalue weighted by Gasteiger charge is 2.66. The first-order valence-electron chi connectivity index (χ1n) is 9.13. The lowest BCUT2D eigenvalue weighted by molar-refractivity contribution is -0.303. The summed E-state index contributed by atoms with van der Waals surface area (Å²) >= 11 is 0. The van der Waals surface area contributed by atoms with Crippen molar-refractivity contribution in [1.29, 1.82) is 0 Å². The second-order valence-electron chi connectivity index (χ2n) is 8.57. The maximum atomic E-state index is 12.5. The van der Waals surface area contributed by atoms with Crippen LogP contribution in [0.5, 0.6) is 0 Å². The van der Waals surface area contributed by atoms with Gasteiger partial charge in [0.15, 0.2) is 11.7 Å². The van der Waals surface area contributed by atoms with Crippen LogP contribution >= 0.6 is 0 Å². The van der Waals surface area contributed by atoms with E-state index in [0.29, 0.717) is 36.9 Å². The molecular weight excluding hydrogens is 312 g/mol. The summed E-state index contributed by atoms with van der Waals surface area (Å²) in [4.78, 5) is 25.0. The minimum Gasteiger partial charge on any atom is -0.422 e.